The maximum atomic E-state index is 5.45. The van der Waals surface area contributed by atoms with E-state index in [2.05, 4.69) is 39.8 Å². The molecule has 1 aromatic heterocycles. The third kappa shape index (κ3) is 2.78. The Kier molecular flexibility index (Phi) is 3.66. The highest BCUT2D eigenvalue weighted by Crippen LogP contribution is 2.25. The van der Waals surface area contributed by atoms with Crippen LogP contribution in [0.2, 0.25) is 0 Å². The van der Waals surface area contributed by atoms with Gasteiger partial charge in [-0.1, -0.05) is 42.5 Å². The lowest BCUT2D eigenvalue weighted by atomic mass is 10.1. The van der Waals surface area contributed by atoms with E-state index < -0.39 is 0 Å². The topological polar surface area (TPSA) is 75.9 Å². The van der Waals surface area contributed by atoms with Crippen molar-refractivity contribution in [2.24, 2.45) is 5.84 Å². The first kappa shape index (κ1) is 13.3. The monoisotopic (exact) mass is 279 g/mol. The van der Waals surface area contributed by atoms with E-state index in [0.29, 0.717) is 5.95 Å². The van der Waals surface area contributed by atoms with Crippen molar-refractivity contribution in [3.05, 3.63) is 60.2 Å². The number of nitrogens with zero attached hydrogens (tertiary/aromatic N) is 2. The van der Waals surface area contributed by atoms with Crippen LogP contribution in [0.15, 0.2) is 54.6 Å². The molecule has 3 aromatic rings. The molecule has 1 heterocycles. The van der Waals surface area contributed by atoms with Gasteiger partial charge in [-0.3, -0.25) is 5.43 Å². The second-order valence-electron chi connectivity index (χ2n) is 4.83. The number of hydrogen-bond donors (Lipinski definition) is 3. The Morgan fingerprint density at radius 3 is 2.43 bits per heavy atom. The fraction of sp³-hybridized carbons (Fsp3) is 0.125. The molecule has 0 amide bonds. The first-order chi connectivity index (χ1) is 10.3. The van der Waals surface area contributed by atoms with E-state index in [9.17, 15) is 0 Å². The minimum Gasteiger partial charge on any atom is -0.363 e. The average molecular weight is 279 g/mol. The summed E-state index contributed by atoms with van der Waals surface area (Å²) >= 11 is 0. The number of para-hydroxylation sites is 1. The molecule has 21 heavy (non-hydrogen) atoms. The lowest BCUT2D eigenvalue weighted by Gasteiger charge is -2.17. The number of aromatic nitrogens is 2. The first-order valence-electron chi connectivity index (χ1n) is 6.83. The summed E-state index contributed by atoms with van der Waals surface area (Å²) in [5, 5.41) is 4.40. The van der Waals surface area contributed by atoms with Gasteiger partial charge in [0, 0.05) is 11.4 Å². The van der Waals surface area contributed by atoms with Crippen LogP contribution in [0.1, 0.15) is 18.5 Å². The molecule has 5 nitrogen and oxygen atoms in total. The van der Waals surface area contributed by atoms with E-state index in [0.717, 1.165) is 16.7 Å². The van der Waals surface area contributed by atoms with Crippen LogP contribution in [-0.2, 0) is 0 Å². The summed E-state index contributed by atoms with van der Waals surface area (Å²) in [6.45, 7) is 2.10. The van der Waals surface area contributed by atoms with Crippen LogP contribution in [0.5, 0.6) is 0 Å². The van der Waals surface area contributed by atoms with Crippen LogP contribution >= 0.6 is 0 Å². The van der Waals surface area contributed by atoms with Gasteiger partial charge >= 0.3 is 0 Å². The Labute approximate surface area is 123 Å². The summed E-state index contributed by atoms with van der Waals surface area (Å²) in [4.78, 5) is 8.77. The van der Waals surface area contributed by atoms with Gasteiger partial charge in [-0.15, -0.1) is 0 Å². The largest absolute Gasteiger partial charge is 0.363 e. The number of anilines is 2. The SMILES string of the molecule is CC(Nc1nc(NN)nc2ccccc12)c1ccccc1. The van der Waals surface area contributed by atoms with Gasteiger partial charge in [-0.05, 0) is 24.6 Å². The van der Waals surface area contributed by atoms with Crippen molar-refractivity contribution in [1.82, 2.24) is 9.97 Å². The number of fused-ring (bicyclic) bond motifs is 1. The molecule has 0 fully saturated rings. The van der Waals surface area contributed by atoms with Gasteiger partial charge in [0.2, 0.25) is 5.95 Å². The lowest BCUT2D eigenvalue weighted by molar-refractivity contribution is 0.876. The highest BCUT2D eigenvalue weighted by molar-refractivity contribution is 5.90. The van der Waals surface area contributed by atoms with Gasteiger partial charge in [0.1, 0.15) is 5.82 Å². The molecule has 106 valence electrons. The number of nitrogen functional groups attached to an aromatic ring is 1. The van der Waals surface area contributed by atoms with Gasteiger partial charge in [-0.25, -0.2) is 10.8 Å². The molecule has 5 heteroatoms. The molecular formula is C16H17N5. The van der Waals surface area contributed by atoms with E-state index in [4.69, 9.17) is 5.84 Å². The third-order valence-corrected chi connectivity index (χ3v) is 3.39. The van der Waals surface area contributed by atoms with Crippen LogP contribution in [0.4, 0.5) is 11.8 Å². The third-order valence-electron chi connectivity index (χ3n) is 3.39. The molecule has 0 saturated heterocycles. The van der Waals surface area contributed by atoms with Gasteiger partial charge in [0.25, 0.3) is 0 Å². The molecular weight excluding hydrogens is 262 g/mol. The first-order valence-corrected chi connectivity index (χ1v) is 6.83. The Balaban J connectivity index is 1.99. The standard InChI is InChI=1S/C16H17N5/c1-11(12-7-3-2-4-8-12)18-15-13-9-5-6-10-14(13)19-16(20-15)21-17/h2-11H,17H2,1H3,(H2,18,19,20,21). The number of nitrogens with one attached hydrogen (secondary N) is 2. The van der Waals surface area contributed by atoms with Crippen molar-refractivity contribution in [3.8, 4) is 0 Å². The Morgan fingerprint density at radius 2 is 1.67 bits per heavy atom. The molecule has 0 aliphatic heterocycles. The van der Waals surface area contributed by atoms with Gasteiger partial charge in [-0.2, -0.15) is 4.98 Å². The minimum absolute atomic E-state index is 0.134. The summed E-state index contributed by atoms with van der Waals surface area (Å²) < 4.78 is 0. The Bertz CT molecular complexity index is 742. The van der Waals surface area contributed by atoms with E-state index in [-0.39, 0.29) is 6.04 Å². The second-order valence-corrected chi connectivity index (χ2v) is 4.83. The second kappa shape index (κ2) is 5.76. The highest BCUT2D eigenvalue weighted by atomic mass is 15.3. The fourth-order valence-electron chi connectivity index (χ4n) is 2.28. The van der Waals surface area contributed by atoms with Crippen LogP contribution < -0.4 is 16.6 Å². The quantitative estimate of drug-likeness (QED) is 0.505. The fourth-order valence-corrected chi connectivity index (χ4v) is 2.28. The summed E-state index contributed by atoms with van der Waals surface area (Å²) in [5.74, 6) is 6.62. The summed E-state index contributed by atoms with van der Waals surface area (Å²) in [6, 6.07) is 18.2. The summed E-state index contributed by atoms with van der Waals surface area (Å²) in [7, 11) is 0. The molecule has 4 N–H and O–H groups in total. The zero-order valence-corrected chi connectivity index (χ0v) is 11.7. The smallest absolute Gasteiger partial charge is 0.239 e. The number of benzene rings is 2. The van der Waals surface area contributed by atoms with Crippen LogP contribution in [-0.4, -0.2) is 9.97 Å². The maximum Gasteiger partial charge on any atom is 0.239 e. The van der Waals surface area contributed by atoms with E-state index in [1.807, 2.05) is 42.5 Å². The van der Waals surface area contributed by atoms with E-state index in [1.54, 1.807) is 0 Å². The van der Waals surface area contributed by atoms with E-state index >= 15 is 0 Å². The summed E-state index contributed by atoms with van der Waals surface area (Å²) in [5.41, 5.74) is 4.56. The molecule has 0 aliphatic rings. The molecule has 1 atom stereocenters. The highest BCUT2D eigenvalue weighted by Gasteiger charge is 2.10. The van der Waals surface area contributed by atoms with Crippen molar-refractivity contribution >= 4 is 22.7 Å². The lowest BCUT2D eigenvalue weighted by Crippen LogP contribution is -2.14. The number of hydrazine groups is 1. The molecule has 0 bridgehead atoms. The Hall–Kier alpha value is -2.66. The van der Waals surface area contributed by atoms with Crippen LogP contribution in [0, 0.1) is 0 Å². The summed E-state index contributed by atoms with van der Waals surface area (Å²) in [6.07, 6.45) is 0. The zero-order chi connectivity index (χ0) is 14.7. The average Bonchev–Trinajstić information content (AvgIpc) is 2.55. The van der Waals surface area contributed by atoms with E-state index in [1.165, 1.54) is 5.56 Å². The van der Waals surface area contributed by atoms with Crippen molar-refractivity contribution in [2.45, 2.75) is 13.0 Å². The van der Waals surface area contributed by atoms with Crippen molar-refractivity contribution in [3.63, 3.8) is 0 Å². The molecule has 0 radical (unpaired) electrons. The Morgan fingerprint density at radius 1 is 0.952 bits per heavy atom. The van der Waals surface area contributed by atoms with Gasteiger partial charge in [0.15, 0.2) is 0 Å². The van der Waals surface area contributed by atoms with Crippen molar-refractivity contribution < 1.29 is 0 Å². The molecule has 3 rings (SSSR count). The molecule has 2 aromatic carbocycles. The number of nitrogens with two attached hydrogens (primary N) is 1. The number of rotatable bonds is 4. The molecule has 0 spiro atoms. The number of hydrogen-bond acceptors (Lipinski definition) is 5. The maximum absolute atomic E-state index is 5.45. The molecule has 1 unspecified atom stereocenters. The predicted molar refractivity (Wildman–Crippen MR) is 85.8 cm³/mol. The minimum atomic E-state index is 0.134. The van der Waals surface area contributed by atoms with Gasteiger partial charge in [0.05, 0.1) is 5.52 Å². The normalized spacial score (nSPS) is 12.1. The van der Waals surface area contributed by atoms with Crippen molar-refractivity contribution in [1.29, 1.82) is 0 Å². The van der Waals surface area contributed by atoms with Crippen molar-refractivity contribution in [2.75, 3.05) is 10.7 Å². The zero-order valence-electron chi connectivity index (χ0n) is 11.7. The van der Waals surface area contributed by atoms with Crippen LogP contribution in [0.3, 0.4) is 0 Å². The predicted octanol–water partition coefficient (Wildman–Crippen LogP) is 3.09. The molecule has 0 aliphatic carbocycles. The molecule has 0 saturated carbocycles. The van der Waals surface area contributed by atoms with Gasteiger partial charge < -0.3 is 5.32 Å². The van der Waals surface area contributed by atoms with Crippen LogP contribution in [0.25, 0.3) is 10.9 Å².